The number of allylic oxidation sites excluding steroid dienone is 8. The van der Waals surface area contributed by atoms with Gasteiger partial charge in [-0.05, 0) is 57.8 Å². The molecule has 0 saturated heterocycles. The molecule has 0 aromatic rings. The van der Waals surface area contributed by atoms with Gasteiger partial charge < -0.3 is 14.2 Å². The first-order valence-corrected chi connectivity index (χ1v) is 26.1. The van der Waals surface area contributed by atoms with Crippen molar-refractivity contribution < 1.29 is 28.6 Å². The third-order valence-electron chi connectivity index (χ3n) is 11.3. The van der Waals surface area contributed by atoms with Crippen LogP contribution in [0.25, 0.3) is 0 Å². The SMILES string of the molecule is CCCCCCCC/C=C\C/C=C\CCC(=O)OCC(COC(=O)CCCCCCCCCCCCCCCCCCC)OC(=O)CC/C=C\C/C=C\CCCCCCCC. The molecule has 1 unspecified atom stereocenters. The zero-order valence-electron chi connectivity index (χ0n) is 40.4. The van der Waals surface area contributed by atoms with E-state index in [-0.39, 0.29) is 44.0 Å². The Labute approximate surface area is 378 Å². The lowest BCUT2D eigenvalue weighted by Gasteiger charge is -2.18. The fourth-order valence-corrected chi connectivity index (χ4v) is 7.37. The summed E-state index contributed by atoms with van der Waals surface area (Å²) >= 11 is 0. The van der Waals surface area contributed by atoms with Gasteiger partial charge in [-0.3, -0.25) is 14.4 Å². The quantitative estimate of drug-likeness (QED) is 0.0263. The second-order valence-corrected chi connectivity index (χ2v) is 17.4. The summed E-state index contributed by atoms with van der Waals surface area (Å²) in [5.41, 5.74) is 0. The number of rotatable bonds is 47. The molecule has 6 nitrogen and oxygen atoms in total. The number of ether oxygens (including phenoxy) is 3. The molecule has 0 rings (SSSR count). The van der Waals surface area contributed by atoms with Gasteiger partial charge in [-0.15, -0.1) is 0 Å². The van der Waals surface area contributed by atoms with Crippen molar-refractivity contribution >= 4 is 17.9 Å². The van der Waals surface area contributed by atoms with Gasteiger partial charge in [-0.1, -0.05) is 236 Å². The van der Waals surface area contributed by atoms with Crippen LogP contribution in [0.1, 0.15) is 265 Å². The van der Waals surface area contributed by atoms with E-state index in [2.05, 4.69) is 57.2 Å². The van der Waals surface area contributed by atoms with E-state index in [1.165, 1.54) is 167 Å². The molecule has 0 aromatic heterocycles. The highest BCUT2D eigenvalue weighted by Gasteiger charge is 2.19. The van der Waals surface area contributed by atoms with Crippen molar-refractivity contribution in [3.63, 3.8) is 0 Å². The molecule has 0 aliphatic heterocycles. The van der Waals surface area contributed by atoms with Crippen LogP contribution in [0.2, 0.25) is 0 Å². The molecule has 0 spiro atoms. The monoisotopic (exact) mass is 855 g/mol. The molecule has 0 heterocycles. The van der Waals surface area contributed by atoms with Crippen LogP contribution in [0.5, 0.6) is 0 Å². The van der Waals surface area contributed by atoms with Gasteiger partial charge >= 0.3 is 17.9 Å². The Morgan fingerprint density at radius 1 is 0.328 bits per heavy atom. The molecular formula is C55H98O6. The second-order valence-electron chi connectivity index (χ2n) is 17.4. The van der Waals surface area contributed by atoms with Gasteiger partial charge in [-0.25, -0.2) is 0 Å². The van der Waals surface area contributed by atoms with E-state index >= 15 is 0 Å². The molecule has 6 heteroatoms. The van der Waals surface area contributed by atoms with Crippen LogP contribution in [0, 0.1) is 0 Å². The van der Waals surface area contributed by atoms with Crippen molar-refractivity contribution in [3.05, 3.63) is 48.6 Å². The van der Waals surface area contributed by atoms with Gasteiger partial charge in [0.2, 0.25) is 0 Å². The Kier molecular flexibility index (Phi) is 47.9. The summed E-state index contributed by atoms with van der Waals surface area (Å²) in [5, 5.41) is 0. The fraction of sp³-hybridized carbons (Fsp3) is 0.800. The normalized spacial score (nSPS) is 12.4. The average Bonchev–Trinajstić information content (AvgIpc) is 3.26. The van der Waals surface area contributed by atoms with E-state index in [0.29, 0.717) is 19.3 Å². The Bertz CT molecular complexity index is 1070. The molecule has 0 aromatic carbocycles. The van der Waals surface area contributed by atoms with Crippen LogP contribution < -0.4 is 0 Å². The van der Waals surface area contributed by atoms with E-state index in [9.17, 15) is 14.4 Å². The van der Waals surface area contributed by atoms with Gasteiger partial charge in [-0.2, -0.15) is 0 Å². The number of unbranched alkanes of at least 4 members (excludes halogenated alkanes) is 28. The number of hydrogen-bond donors (Lipinski definition) is 0. The first kappa shape index (κ1) is 58.4. The van der Waals surface area contributed by atoms with Gasteiger partial charge in [0, 0.05) is 19.3 Å². The molecule has 354 valence electrons. The van der Waals surface area contributed by atoms with Crippen LogP contribution in [0.15, 0.2) is 48.6 Å². The second kappa shape index (κ2) is 50.0. The topological polar surface area (TPSA) is 78.9 Å². The van der Waals surface area contributed by atoms with Crippen molar-refractivity contribution in [1.82, 2.24) is 0 Å². The van der Waals surface area contributed by atoms with Gasteiger partial charge in [0.1, 0.15) is 13.2 Å². The summed E-state index contributed by atoms with van der Waals surface area (Å²) in [6.07, 6.45) is 59.8. The molecule has 0 radical (unpaired) electrons. The highest BCUT2D eigenvalue weighted by molar-refractivity contribution is 5.71. The van der Waals surface area contributed by atoms with E-state index in [1.54, 1.807) is 0 Å². The van der Waals surface area contributed by atoms with E-state index in [4.69, 9.17) is 14.2 Å². The Hall–Kier alpha value is -2.63. The first-order valence-electron chi connectivity index (χ1n) is 26.1. The van der Waals surface area contributed by atoms with Crippen molar-refractivity contribution in [2.75, 3.05) is 13.2 Å². The summed E-state index contributed by atoms with van der Waals surface area (Å²) in [6, 6.07) is 0. The highest BCUT2D eigenvalue weighted by Crippen LogP contribution is 2.15. The molecule has 1 atom stereocenters. The average molecular weight is 855 g/mol. The smallest absolute Gasteiger partial charge is 0.306 e. The summed E-state index contributed by atoms with van der Waals surface area (Å²) in [4.78, 5) is 37.9. The number of carbonyl (C=O) groups is 3. The first-order chi connectivity index (χ1) is 30.0. The van der Waals surface area contributed by atoms with Crippen LogP contribution in [-0.4, -0.2) is 37.2 Å². The summed E-state index contributed by atoms with van der Waals surface area (Å²) in [5.74, 6) is -1.04. The van der Waals surface area contributed by atoms with Crippen LogP contribution in [0.3, 0.4) is 0 Å². The third-order valence-corrected chi connectivity index (χ3v) is 11.3. The fourth-order valence-electron chi connectivity index (χ4n) is 7.37. The Balaban J connectivity index is 4.44. The standard InChI is InChI=1S/C55H98O6/c1-4-7-10-13-16-19-22-25-26-27-28-31-33-36-39-42-45-48-54(57)60-51-52(61-55(58)49-46-43-40-37-34-30-24-21-18-15-12-9-6-3)50-59-53(56)47-44-41-38-35-32-29-23-20-17-14-11-8-5-2/h29-30,32,34,38,40-41,43,52H,4-28,31,33,35-37,39,42,44-51H2,1-3H3/b32-29-,34-30-,41-38-,43-40-. The maximum atomic E-state index is 12.7. The lowest BCUT2D eigenvalue weighted by molar-refractivity contribution is -0.166. The molecule has 0 N–H and O–H groups in total. The van der Waals surface area contributed by atoms with Gasteiger partial charge in [0.05, 0.1) is 0 Å². The van der Waals surface area contributed by atoms with Crippen molar-refractivity contribution in [2.45, 2.75) is 271 Å². The van der Waals surface area contributed by atoms with E-state index in [1.807, 2.05) is 12.2 Å². The third kappa shape index (κ3) is 48.3. The van der Waals surface area contributed by atoms with Crippen LogP contribution in [0.4, 0.5) is 0 Å². The number of carbonyl (C=O) groups excluding carboxylic acids is 3. The van der Waals surface area contributed by atoms with Crippen molar-refractivity contribution in [1.29, 1.82) is 0 Å². The van der Waals surface area contributed by atoms with Crippen molar-refractivity contribution in [2.24, 2.45) is 0 Å². The predicted octanol–water partition coefficient (Wildman–Crippen LogP) is 17.1. The molecular weight excluding hydrogens is 757 g/mol. The molecule has 0 amide bonds. The number of hydrogen-bond acceptors (Lipinski definition) is 6. The summed E-state index contributed by atoms with van der Waals surface area (Å²) in [7, 11) is 0. The minimum absolute atomic E-state index is 0.110. The van der Waals surface area contributed by atoms with E-state index in [0.717, 1.165) is 44.9 Å². The van der Waals surface area contributed by atoms with Crippen molar-refractivity contribution in [3.8, 4) is 0 Å². The Morgan fingerprint density at radius 2 is 0.623 bits per heavy atom. The molecule has 0 aliphatic rings. The molecule has 0 bridgehead atoms. The van der Waals surface area contributed by atoms with Gasteiger partial charge in [0.25, 0.3) is 0 Å². The predicted molar refractivity (Wildman–Crippen MR) is 261 cm³/mol. The largest absolute Gasteiger partial charge is 0.462 e. The summed E-state index contributed by atoms with van der Waals surface area (Å²) < 4.78 is 16.7. The molecule has 0 aliphatic carbocycles. The Morgan fingerprint density at radius 3 is 1.00 bits per heavy atom. The molecule has 0 fully saturated rings. The lowest BCUT2D eigenvalue weighted by atomic mass is 10.0. The minimum atomic E-state index is -0.822. The molecule has 0 saturated carbocycles. The maximum absolute atomic E-state index is 12.7. The summed E-state index contributed by atoms with van der Waals surface area (Å²) in [6.45, 7) is 6.54. The minimum Gasteiger partial charge on any atom is -0.462 e. The maximum Gasteiger partial charge on any atom is 0.306 e. The number of esters is 3. The highest BCUT2D eigenvalue weighted by atomic mass is 16.6. The van der Waals surface area contributed by atoms with E-state index < -0.39 is 6.10 Å². The lowest BCUT2D eigenvalue weighted by Crippen LogP contribution is -2.30. The van der Waals surface area contributed by atoms with Crippen LogP contribution >= 0.6 is 0 Å². The van der Waals surface area contributed by atoms with Gasteiger partial charge in [0.15, 0.2) is 6.10 Å². The molecule has 61 heavy (non-hydrogen) atoms. The zero-order chi connectivity index (χ0) is 44.4. The zero-order valence-corrected chi connectivity index (χ0v) is 40.4. The van der Waals surface area contributed by atoms with Crippen LogP contribution in [-0.2, 0) is 28.6 Å².